The van der Waals surface area contributed by atoms with Gasteiger partial charge in [0.05, 0.1) is 0 Å². The van der Waals surface area contributed by atoms with Crippen LogP contribution in [-0.2, 0) is 0 Å². The normalized spacial score (nSPS) is 38.6. The lowest BCUT2D eigenvalue weighted by Crippen LogP contribution is -2.55. The summed E-state index contributed by atoms with van der Waals surface area (Å²) in [6.45, 7) is 10.9. The molecule has 1 heteroatoms. The molecular weight excluding hydrogens is 170 g/mol. The Balaban J connectivity index is 2.05. The Morgan fingerprint density at radius 3 is 2.21 bits per heavy atom. The fourth-order valence-electron chi connectivity index (χ4n) is 3.64. The number of hydrogen-bond donors (Lipinski definition) is 0. The molecule has 2 heterocycles. The van der Waals surface area contributed by atoms with Crippen LogP contribution in [0.25, 0.3) is 0 Å². The van der Waals surface area contributed by atoms with Crippen LogP contribution in [0.5, 0.6) is 0 Å². The molecule has 0 aromatic carbocycles. The van der Waals surface area contributed by atoms with Gasteiger partial charge >= 0.3 is 0 Å². The van der Waals surface area contributed by atoms with Gasteiger partial charge in [-0.15, -0.1) is 0 Å². The maximum Gasteiger partial charge on any atom is 0.0101 e. The van der Waals surface area contributed by atoms with E-state index in [9.17, 15) is 0 Å². The molecule has 3 fully saturated rings. The predicted octanol–water partition coefficient (Wildman–Crippen LogP) is 3.15. The van der Waals surface area contributed by atoms with E-state index < -0.39 is 0 Å². The molecule has 0 aromatic heterocycles. The third-order valence-corrected chi connectivity index (χ3v) is 4.45. The second-order valence-electron chi connectivity index (χ2n) is 5.93. The third-order valence-electron chi connectivity index (χ3n) is 4.45. The summed E-state index contributed by atoms with van der Waals surface area (Å²) in [4.78, 5) is 2.74. The highest BCUT2D eigenvalue weighted by molar-refractivity contribution is 4.94. The van der Waals surface area contributed by atoms with E-state index >= 15 is 0 Å². The second kappa shape index (κ2) is 3.84. The van der Waals surface area contributed by atoms with E-state index in [1.807, 2.05) is 0 Å². The molecule has 3 aliphatic rings. The first kappa shape index (κ1) is 10.5. The van der Waals surface area contributed by atoms with Gasteiger partial charge in [0.25, 0.3) is 0 Å². The lowest BCUT2D eigenvalue weighted by atomic mass is 9.67. The highest BCUT2D eigenvalue weighted by Crippen LogP contribution is 2.43. The first-order valence-electron chi connectivity index (χ1n) is 6.35. The topological polar surface area (TPSA) is 3.24 Å². The van der Waals surface area contributed by atoms with Crippen molar-refractivity contribution in [1.29, 1.82) is 0 Å². The molecular formula is C13H25N. The largest absolute Gasteiger partial charge is 0.298 e. The first-order chi connectivity index (χ1) is 6.59. The Labute approximate surface area is 88.9 Å². The van der Waals surface area contributed by atoms with E-state index in [1.54, 1.807) is 0 Å². The summed E-state index contributed by atoms with van der Waals surface area (Å²) in [6.07, 6.45) is 4.43. The summed E-state index contributed by atoms with van der Waals surface area (Å²) in [5.41, 5.74) is 0. The van der Waals surface area contributed by atoms with Crippen molar-refractivity contribution in [3.63, 3.8) is 0 Å². The van der Waals surface area contributed by atoms with Crippen LogP contribution in [-0.4, -0.2) is 23.5 Å². The van der Waals surface area contributed by atoms with Gasteiger partial charge in [0.1, 0.15) is 0 Å². The minimum atomic E-state index is 0.760. The molecule has 14 heavy (non-hydrogen) atoms. The molecule has 1 saturated carbocycles. The van der Waals surface area contributed by atoms with Crippen molar-refractivity contribution in [1.82, 2.24) is 4.90 Å². The zero-order valence-corrected chi connectivity index (χ0v) is 10.2. The molecule has 0 N–H and O–H groups in total. The van der Waals surface area contributed by atoms with Gasteiger partial charge in [0, 0.05) is 18.6 Å². The molecule has 2 saturated heterocycles. The Bertz CT molecular complexity index is 175. The van der Waals surface area contributed by atoms with Gasteiger partial charge < -0.3 is 0 Å². The first-order valence-corrected chi connectivity index (χ1v) is 6.35. The van der Waals surface area contributed by atoms with Crippen LogP contribution in [0.1, 0.15) is 47.0 Å². The van der Waals surface area contributed by atoms with E-state index in [0.29, 0.717) is 0 Å². The molecule has 1 nitrogen and oxygen atoms in total. The van der Waals surface area contributed by atoms with E-state index in [1.165, 1.54) is 25.8 Å². The van der Waals surface area contributed by atoms with E-state index in [4.69, 9.17) is 0 Å². The Morgan fingerprint density at radius 2 is 1.79 bits per heavy atom. The predicted molar refractivity (Wildman–Crippen MR) is 61.3 cm³/mol. The second-order valence-corrected chi connectivity index (χ2v) is 5.93. The fraction of sp³-hybridized carbons (Fsp3) is 1.00. The minimum absolute atomic E-state index is 0.760. The number of fused-ring (bicyclic) bond motifs is 3. The Morgan fingerprint density at radius 1 is 1.07 bits per heavy atom. The zero-order valence-electron chi connectivity index (χ0n) is 10.2. The van der Waals surface area contributed by atoms with Gasteiger partial charge in [-0.2, -0.15) is 0 Å². The lowest BCUT2D eigenvalue weighted by molar-refractivity contribution is -0.0287. The van der Waals surface area contributed by atoms with E-state index in [2.05, 4.69) is 32.6 Å². The minimum Gasteiger partial charge on any atom is -0.298 e. The summed E-state index contributed by atoms with van der Waals surface area (Å²) in [5, 5.41) is 0. The van der Waals surface area contributed by atoms with Gasteiger partial charge in [-0.05, 0) is 50.9 Å². The molecule has 1 aliphatic carbocycles. The molecule has 3 rings (SSSR count). The number of rotatable bonds is 2. The number of piperidine rings is 2. The van der Waals surface area contributed by atoms with Crippen molar-refractivity contribution in [2.24, 2.45) is 17.8 Å². The summed E-state index contributed by atoms with van der Waals surface area (Å²) >= 11 is 0. The number of hydrogen-bond acceptors (Lipinski definition) is 1. The van der Waals surface area contributed by atoms with Gasteiger partial charge in [0.15, 0.2) is 0 Å². The summed E-state index contributed by atoms with van der Waals surface area (Å²) in [5.74, 6) is 2.92. The van der Waals surface area contributed by atoms with E-state index in [0.717, 1.165) is 29.8 Å². The monoisotopic (exact) mass is 195 g/mol. The van der Waals surface area contributed by atoms with Crippen LogP contribution >= 0.6 is 0 Å². The summed E-state index contributed by atoms with van der Waals surface area (Å²) in [7, 11) is 0. The third kappa shape index (κ3) is 1.71. The molecule has 3 atom stereocenters. The fourth-order valence-corrected chi connectivity index (χ4v) is 3.64. The quantitative estimate of drug-likeness (QED) is 0.654. The summed E-state index contributed by atoms with van der Waals surface area (Å²) in [6, 6.07) is 1.67. The van der Waals surface area contributed by atoms with Crippen molar-refractivity contribution in [3.05, 3.63) is 0 Å². The molecule has 0 amide bonds. The van der Waals surface area contributed by atoms with Crippen LogP contribution < -0.4 is 0 Å². The summed E-state index contributed by atoms with van der Waals surface area (Å²) < 4.78 is 0. The molecule has 0 unspecified atom stereocenters. The number of nitrogens with zero attached hydrogens (tertiary/aromatic N) is 1. The maximum atomic E-state index is 2.74. The van der Waals surface area contributed by atoms with Crippen molar-refractivity contribution in [3.8, 4) is 0 Å². The van der Waals surface area contributed by atoms with Gasteiger partial charge in [-0.1, -0.05) is 13.8 Å². The van der Waals surface area contributed by atoms with Gasteiger partial charge in [0.2, 0.25) is 0 Å². The molecule has 0 radical (unpaired) electrons. The van der Waals surface area contributed by atoms with Gasteiger partial charge in [-0.3, -0.25) is 4.90 Å². The molecule has 2 bridgehead atoms. The molecule has 0 spiro atoms. The standard InChI is InChI=1S/C13H25N/c1-9(2)13-7-12-6-5-11(13)8-14(12)10(3)4/h9-13H,5-8H2,1-4H3/t11-,12-,13+/m1/s1. The average Bonchev–Trinajstić information content (AvgIpc) is 2.18. The van der Waals surface area contributed by atoms with Crippen LogP contribution in [0.2, 0.25) is 0 Å². The Hall–Kier alpha value is -0.0400. The molecule has 82 valence electrons. The van der Waals surface area contributed by atoms with Crippen molar-refractivity contribution in [2.75, 3.05) is 6.54 Å². The van der Waals surface area contributed by atoms with Crippen molar-refractivity contribution in [2.45, 2.75) is 59.0 Å². The zero-order chi connectivity index (χ0) is 10.3. The van der Waals surface area contributed by atoms with Crippen LogP contribution in [0.15, 0.2) is 0 Å². The van der Waals surface area contributed by atoms with Gasteiger partial charge in [-0.25, -0.2) is 0 Å². The van der Waals surface area contributed by atoms with Crippen LogP contribution in [0, 0.1) is 17.8 Å². The average molecular weight is 195 g/mol. The van der Waals surface area contributed by atoms with Crippen molar-refractivity contribution >= 4 is 0 Å². The van der Waals surface area contributed by atoms with Crippen LogP contribution in [0.3, 0.4) is 0 Å². The van der Waals surface area contributed by atoms with E-state index in [-0.39, 0.29) is 0 Å². The lowest BCUT2D eigenvalue weighted by Gasteiger charge is -2.52. The van der Waals surface area contributed by atoms with Crippen molar-refractivity contribution < 1.29 is 0 Å². The highest BCUT2D eigenvalue weighted by Gasteiger charge is 2.41. The SMILES string of the molecule is CC(C)[C@@H]1C[C@H]2CC[C@@H]1CN2C(C)C. The highest BCUT2D eigenvalue weighted by atomic mass is 15.2. The smallest absolute Gasteiger partial charge is 0.0101 e. The molecule has 0 aromatic rings. The van der Waals surface area contributed by atoms with Crippen LogP contribution in [0.4, 0.5) is 0 Å². The maximum absolute atomic E-state index is 2.74. The Kier molecular flexibility index (Phi) is 2.88. The molecule has 2 aliphatic heterocycles.